The fraction of sp³-hybridized carbons (Fsp3) is 0.941. The summed E-state index contributed by atoms with van der Waals surface area (Å²) in [5.41, 5.74) is 0. The van der Waals surface area contributed by atoms with E-state index in [2.05, 4.69) is 34.6 Å². The van der Waals surface area contributed by atoms with Gasteiger partial charge in [0.05, 0.1) is 5.92 Å². The van der Waals surface area contributed by atoms with E-state index in [9.17, 15) is 9.90 Å². The van der Waals surface area contributed by atoms with Gasteiger partial charge in [-0.1, -0.05) is 66.7 Å². The molecule has 0 aromatic heterocycles. The van der Waals surface area contributed by atoms with Crippen molar-refractivity contribution in [2.45, 2.75) is 79.6 Å². The van der Waals surface area contributed by atoms with Gasteiger partial charge in [0.15, 0.2) is 0 Å². The van der Waals surface area contributed by atoms with Crippen molar-refractivity contribution < 1.29 is 9.90 Å². The van der Waals surface area contributed by atoms with Crippen LogP contribution < -0.4 is 0 Å². The lowest BCUT2D eigenvalue weighted by Gasteiger charge is -2.23. The Morgan fingerprint density at radius 1 is 1.00 bits per heavy atom. The lowest BCUT2D eigenvalue weighted by molar-refractivity contribution is -0.144. The van der Waals surface area contributed by atoms with E-state index < -0.39 is 5.97 Å². The Balaban J connectivity index is 4.18. The lowest BCUT2D eigenvalue weighted by atomic mass is 9.81. The van der Waals surface area contributed by atoms with Crippen LogP contribution in [0.3, 0.4) is 0 Å². The summed E-state index contributed by atoms with van der Waals surface area (Å²) in [5, 5.41) is 9.43. The van der Waals surface area contributed by atoms with Crippen molar-refractivity contribution >= 4 is 5.97 Å². The Kier molecular flexibility index (Phi) is 9.99. The molecule has 1 N–H and O–H groups in total. The number of carboxylic acid groups (broad SMARTS) is 1. The topological polar surface area (TPSA) is 37.3 Å². The second-order valence-electron chi connectivity index (χ2n) is 6.73. The Labute approximate surface area is 120 Å². The van der Waals surface area contributed by atoms with E-state index in [-0.39, 0.29) is 5.92 Å². The molecular formula is C17H34O2. The van der Waals surface area contributed by atoms with Crippen molar-refractivity contribution in [1.82, 2.24) is 0 Å². The zero-order chi connectivity index (χ0) is 14.8. The van der Waals surface area contributed by atoms with Gasteiger partial charge in [0, 0.05) is 0 Å². The summed E-state index contributed by atoms with van der Waals surface area (Å²) in [6.07, 6.45) is 7.85. The van der Waals surface area contributed by atoms with Gasteiger partial charge in [-0.2, -0.15) is 0 Å². The van der Waals surface area contributed by atoms with E-state index in [0.29, 0.717) is 11.8 Å². The first-order valence-electron chi connectivity index (χ1n) is 8.11. The molecule has 2 heteroatoms. The molecule has 0 fully saturated rings. The summed E-state index contributed by atoms with van der Waals surface area (Å²) in [6, 6.07) is 0. The molecule has 0 rings (SSSR count). The molecule has 0 spiro atoms. The zero-order valence-electron chi connectivity index (χ0n) is 13.6. The summed E-state index contributed by atoms with van der Waals surface area (Å²) < 4.78 is 0. The molecule has 0 heterocycles. The van der Waals surface area contributed by atoms with Gasteiger partial charge >= 0.3 is 5.97 Å². The Morgan fingerprint density at radius 2 is 1.63 bits per heavy atom. The van der Waals surface area contributed by atoms with Crippen LogP contribution in [-0.4, -0.2) is 11.1 Å². The van der Waals surface area contributed by atoms with Crippen LogP contribution in [0.5, 0.6) is 0 Å². The predicted molar refractivity (Wildman–Crippen MR) is 82.3 cm³/mol. The zero-order valence-corrected chi connectivity index (χ0v) is 13.6. The fourth-order valence-electron chi connectivity index (χ4n) is 2.73. The molecule has 2 nitrogen and oxygen atoms in total. The molecule has 3 atom stereocenters. The molecule has 114 valence electrons. The average molecular weight is 270 g/mol. The van der Waals surface area contributed by atoms with Crippen LogP contribution >= 0.6 is 0 Å². The van der Waals surface area contributed by atoms with Crippen molar-refractivity contribution in [1.29, 1.82) is 0 Å². The van der Waals surface area contributed by atoms with Gasteiger partial charge in [0.1, 0.15) is 0 Å². The highest BCUT2D eigenvalue weighted by atomic mass is 16.4. The highest BCUT2D eigenvalue weighted by molar-refractivity contribution is 5.70. The molecule has 0 radical (unpaired) electrons. The highest BCUT2D eigenvalue weighted by Gasteiger charge is 2.26. The van der Waals surface area contributed by atoms with E-state index in [1.54, 1.807) is 0 Å². The first kappa shape index (κ1) is 18.5. The molecule has 0 saturated carbocycles. The van der Waals surface area contributed by atoms with E-state index in [1.165, 1.54) is 25.7 Å². The fourth-order valence-corrected chi connectivity index (χ4v) is 2.73. The minimum atomic E-state index is -0.597. The van der Waals surface area contributed by atoms with Crippen molar-refractivity contribution in [3.63, 3.8) is 0 Å². The maximum absolute atomic E-state index is 11.4. The third-order valence-corrected chi connectivity index (χ3v) is 4.15. The van der Waals surface area contributed by atoms with Gasteiger partial charge < -0.3 is 5.11 Å². The SMILES string of the molecule is CCCCC(C)CC(C(=O)O)C(C)CCCC(C)C. The van der Waals surface area contributed by atoms with Gasteiger partial charge in [-0.3, -0.25) is 4.79 Å². The standard InChI is InChI=1S/C17H34O2/c1-6-7-10-14(4)12-16(17(18)19)15(5)11-8-9-13(2)3/h13-16H,6-12H2,1-5H3,(H,18,19). The second-order valence-corrected chi connectivity index (χ2v) is 6.73. The van der Waals surface area contributed by atoms with Crippen LogP contribution in [0.4, 0.5) is 0 Å². The Bertz CT molecular complexity index is 235. The molecule has 0 aromatic carbocycles. The van der Waals surface area contributed by atoms with E-state index in [0.717, 1.165) is 25.2 Å². The first-order chi connectivity index (χ1) is 8.88. The number of carboxylic acids is 1. The lowest BCUT2D eigenvalue weighted by Crippen LogP contribution is -2.24. The van der Waals surface area contributed by atoms with Gasteiger partial charge in [-0.25, -0.2) is 0 Å². The third kappa shape index (κ3) is 9.07. The molecule has 0 bridgehead atoms. The van der Waals surface area contributed by atoms with Crippen LogP contribution in [0.25, 0.3) is 0 Å². The molecule has 0 aliphatic heterocycles. The molecule has 0 aliphatic carbocycles. The summed E-state index contributed by atoms with van der Waals surface area (Å²) in [4.78, 5) is 11.4. The normalized spacial score (nSPS) is 16.3. The van der Waals surface area contributed by atoms with E-state index in [4.69, 9.17) is 0 Å². The maximum Gasteiger partial charge on any atom is 0.306 e. The Morgan fingerprint density at radius 3 is 2.11 bits per heavy atom. The second kappa shape index (κ2) is 10.3. The van der Waals surface area contributed by atoms with Crippen LogP contribution in [0.15, 0.2) is 0 Å². The summed E-state index contributed by atoms with van der Waals surface area (Å²) >= 11 is 0. The summed E-state index contributed by atoms with van der Waals surface area (Å²) in [5.74, 6) is 0.812. The predicted octanol–water partition coefficient (Wildman–Crippen LogP) is 5.37. The molecule has 3 unspecified atom stereocenters. The number of hydrogen-bond acceptors (Lipinski definition) is 1. The van der Waals surface area contributed by atoms with Crippen molar-refractivity contribution in [2.24, 2.45) is 23.7 Å². The van der Waals surface area contributed by atoms with Gasteiger partial charge in [-0.05, 0) is 30.6 Å². The van der Waals surface area contributed by atoms with Crippen LogP contribution in [0.2, 0.25) is 0 Å². The monoisotopic (exact) mass is 270 g/mol. The minimum Gasteiger partial charge on any atom is -0.481 e. The Hall–Kier alpha value is -0.530. The molecule has 19 heavy (non-hydrogen) atoms. The average Bonchev–Trinajstić information content (AvgIpc) is 2.32. The largest absolute Gasteiger partial charge is 0.481 e. The number of unbranched alkanes of at least 4 members (excludes halogenated alkanes) is 1. The van der Waals surface area contributed by atoms with Crippen LogP contribution in [-0.2, 0) is 4.79 Å². The molecular weight excluding hydrogens is 236 g/mol. The van der Waals surface area contributed by atoms with Gasteiger partial charge in [-0.15, -0.1) is 0 Å². The van der Waals surface area contributed by atoms with E-state index in [1.807, 2.05) is 0 Å². The van der Waals surface area contributed by atoms with Gasteiger partial charge in [0.2, 0.25) is 0 Å². The number of aliphatic carboxylic acids is 1. The van der Waals surface area contributed by atoms with Crippen molar-refractivity contribution in [2.75, 3.05) is 0 Å². The van der Waals surface area contributed by atoms with Gasteiger partial charge in [0.25, 0.3) is 0 Å². The first-order valence-corrected chi connectivity index (χ1v) is 8.11. The van der Waals surface area contributed by atoms with E-state index >= 15 is 0 Å². The molecule has 0 saturated heterocycles. The third-order valence-electron chi connectivity index (χ3n) is 4.15. The highest BCUT2D eigenvalue weighted by Crippen LogP contribution is 2.27. The number of rotatable bonds is 11. The van der Waals surface area contributed by atoms with Crippen molar-refractivity contribution in [3.8, 4) is 0 Å². The molecule has 0 aromatic rings. The molecule has 0 aliphatic rings. The minimum absolute atomic E-state index is 0.154. The summed E-state index contributed by atoms with van der Waals surface area (Å²) in [6.45, 7) is 11.0. The molecule has 0 amide bonds. The van der Waals surface area contributed by atoms with Crippen molar-refractivity contribution in [3.05, 3.63) is 0 Å². The van der Waals surface area contributed by atoms with Crippen LogP contribution in [0.1, 0.15) is 79.6 Å². The quantitative estimate of drug-likeness (QED) is 0.548. The smallest absolute Gasteiger partial charge is 0.306 e. The summed E-state index contributed by atoms with van der Waals surface area (Å²) in [7, 11) is 0. The van der Waals surface area contributed by atoms with Crippen LogP contribution in [0, 0.1) is 23.7 Å². The number of carbonyl (C=O) groups is 1. The number of hydrogen-bond donors (Lipinski definition) is 1. The maximum atomic E-state index is 11.4.